The molecule has 0 spiro atoms. The molecule has 0 saturated carbocycles. The van der Waals surface area contributed by atoms with E-state index in [-0.39, 0.29) is 18.4 Å². The van der Waals surface area contributed by atoms with Gasteiger partial charge in [0, 0.05) is 5.56 Å². The Morgan fingerprint density at radius 2 is 2.24 bits per heavy atom. The van der Waals surface area contributed by atoms with Crippen LogP contribution in [0.3, 0.4) is 0 Å². The van der Waals surface area contributed by atoms with E-state index < -0.39 is 0 Å². The third-order valence-corrected chi connectivity index (χ3v) is 3.13. The van der Waals surface area contributed by atoms with E-state index in [9.17, 15) is 4.79 Å². The molecule has 0 aliphatic carbocycles. The highest BCUT2D eigenvalue weighted by atomic mass is 16.5. The van der Waals surface area contributed by atoms with Gasteiger partial charge in [0.05, 0.1) is 19.6 Å². The van der Waals surface area contributed by atoms with Crippen molar-refractivity contribution in [1.82, 2.24) is 25.9 Å². The maximum absolute atomic E-state index is 12.2. The van der Waals surface area contributed by atoms with E-state index in [2.05, 4.69) is 25.9 Å². The molecule has 0 unspecified atom stereocenters. The predicted molar refractivity (Wildman–Crippen MR) is 76.7 cm³/mol. The monoisotopic (exact) mass is 289 g/mol. The van der Waals surface area contributed by atoms with Gasteiger partial charge in [-0.3, -0.25) is 4.79 Å². The third-order valence-electron chi connectivity index (χ3n) is 3.13. The van der Waals surface area contributed by atoms with Crippen molar-refractivity contribution in [3.05, 3.63) is 35.7 Å². The number of ether oxygens (including phenoxy) is 1. The van der Waals surface area contributed by atoms with Crippen LogP contribution >= 0.6 is 0 Å². The highest BCUT2D eigenvalue weighted by Crippen LogP contribution is 2.19. The largest absolute Gasteiger partial charge is 0.496 e. The van der Waals surface area contributed by atoms with E-state index >= 15 is 0 Å². The molecule has 2 N–H and O–H groups in total. The number of nitrogens with zero attached hydrogens (tertiary/aromatic N) is 3. The summed E-state index contributed by atoms with van der Waals surface area (Å²) in [6.07, 6.45) is 1.92. The Morgan fingerprint density at radius 3 is 2.90 bits per heavy atom. The highest BCUT2D eigenvalue weighted by Gasteiger charge is 2.18. The molecule has 0 fully saturated rings. The van der Waals surface area contributed by atoms with Crippen LogP contribution in [0.2, 0.25) is 0 Å². The number of para-hydroxylation sites is 1. The summed E-state index contributed by atoms with van der Waals surface area (Å²) in [7, 11) is 1.59. The lowest BCUT2D eigenvalue weighted by molar-refractivity contribution is -0.121. The molecule has 0 bridgehead atoms. The summed E-state index contributed by atoms with van der Waals surface area (Å²) in [5.41, 5.74) is 0.848. The van der Waals surface area contributed by atoms with Crippen LogP contribution in [-0.2, 0) is 11.2 Å². The minimum Gasteiger partial charge on any atom is -0.496 e. The van der Waals surface area contributed by atoms with Crippen molar-refractivity contribution in [2.45, 2.75) is 32.2 Å². The molecule has 1 aromatic carbocycles. The Morgan fingerprint density at radius 1 is 1.43 bits per heavy atom. The average molecular weight is 289 g/mol. The normalized spacial score (nSPS) is 11.9. The molecular weight excluding hydrogens is 270 g/mol. The van der Waals surface area contributed by atoms with E-state index in [1.54, 1.807) is 7.11 Å². The molecule has 2 aromatic rings. The van der Waals surface area contributed by atoms with Gasteiger partial charge in [-0.1, -0.05) is 36.8 Å². The van der Waals surface area contributed by atoms with E-state index in [4.69, 9.17) is 4.74 Å². The van der Waals surface area contributed by atoms with E-state index in [0.717, 1.165) is 18.4 Å². The molecule has 0 radical (unpaired) electrons. The molecule has 1 atom stereocenters. The van der Waals surface area contributed by atoms with Gasteiger partial charge in [0.1, 0.15) is 5.75 Å². The Hall–Kier alpha value is -2.44. The highest BCUT2D eigenvalue weighted by molar-refractivity contribution is 5.79. The minimum absolute atomic E-state index is 0.0947. The molecule has 21 heavy (non-hydrogen) atoms. The Labute approximate surface area is 123 Å². The standard InChI is InChI=1S/C14H19N5O2/c1-3-6-11(14-16-18-19-17-14)15-13(20)9-10-7-4-5-8-12(10)21-2/h4-5,7-8,11H,3,6,9H2,1-2H3,(H,15,20)(H,16,17,18,19)/t11-/m1/s1. The number of carbonyl (C=O) groups is 1. The fraction of sp³-hybridized carbons (Fsp3) is 0.429. The predicted octanol–water partition coefficient (Wildman–Crippen LogP) is 1.41. The Kier molecular flexibility index (Phi) is 5.25. The van der Waals surface area contributed by atoms with Gasteiger partial charge in [-0.25, -0.2) is 0 Å². The molecule has 1 amide bonds. The number of carbonyl (C=O) groups excluding carboxylic acids is 1. The molecule has 7 heteroatoms. The van der Waals surface area contributed by atoms with Crippen LogP contribution in [0.25, 0.3) is 0 Å². The van der Waals surface area contributed by atoms with Gasteiger partial charge < -0.3 is 10.1 Å². The fourth-order valence-electron chi connectivity index (χ4n) is 2.14. The van der Waals surface area contributed by atoms with E-state index in [1.807, 2.05) is 31.2 Å². The maximum Gasteiger partial charge on any atom is 0.225 e. The second kappa shape index (κ2) is 7.37. The number of methoxy groups -OCH3 is 1. The zero-order chi connectivity index (χ0) is 15.1. The molecule has 112 valence electrons. The van der Waals surface area contributed by atoms with Crippen molar-refractivity contribution in [3.63, 3.8) is 0 Å². The second-order valence-electron chi connectivity index (χ2n) is 4.67. The Balaban J connectivity index is 2.02. The first-order valence-corrected chi connectivity index (χ1v) is 6.89. The number of aromatic nitrogens is 4. The van der Waals surface area contributed by atoms with E-state index in [1.165, 1.54) is 0 Å². The van der Waals surface area contributed by atoms with Crippen molar-refractivity contribution >= 4 is 5.91 Å². The van der Waals surface area contributed by atoms with Crippen molar-refractivity contribution in [1.29, 1.82) is 0 Å². The number of hydrogen-bond acceptors (Lipinski definition) is 5. The van der Waals surface area contributed by atoms with Gasteiger partial charge in [-0.15, -0.1) is 10.2 Å². The summed E-state index contributed by atoms with van der Waals surface area (Å²) in [5, 5.41) is 16.8. The van der Waals surface area contributed by atoms with Crippen molar-refractivity contribution in [2.24, 2.45) is 0 Å². The second-order valence-corrected chi connectivity index (χ2v) is 4.67. The lowest BCUT2D eigenvalue weighted by Gasteiger charge is -2.15. The minimum atomic E-state index is -0.226. The molecular formula is C14H19N5O2. The van der Waals surface area contributed by atoms with Crippen LogP contribution in [0.15, 0.2) is 24.3 Å². The van der Waals surface area contributed by atoms with Crippen LogP contribution in [0, 0.1) is 0 Å². The van der Waals surface area contributed by atoms with Crippen molar-refractivity contribution < 1.29 is 9.53 Å². The van der Waals surface area contributed by atoms with Gasteiger partial charge in [-0.2, -0.15) is 5.21 Å². The maximum atomic E-state index is 12.2. The number of aromatic amines is 1. The number of benzene rings is 1. The van der Waals surface area contributed by atoms with Crippen LogP contribution in [-0.4, -0.2) is 33.6 Å². The number of nitrogens with one attached hydrogen (secondary N) is 2. The number of rotatable bonds is 7. The fourth-order valence-corrected chi connectivity index (χ4v) is 2.14. The topological polar surface area (TPSA) is 92.8 Å². The SMILES string of the molecule is CCC[C@@H](NC(=O)Cc1ccccc1OC)c1nn[nH]n1. The third kappa shape index (κ3) is 4.01. The lowest BCUT2D eigenvalue weighted by Crippen LogP contribution is -2.30. The number of H-pyrrole nitrogens is 1. The smallest absolute Gasteiger partial charge is 0.225 e. The first-order valence-electron chi connectivity index (χ1n) is 6.89. The van der Waals surface area contributed by atoms with Crippen molar-refractivity contribution in [3.8, 4) is 5.75 Å². The molecule has 0 aliphatic rings. The molecule has 1 aromatic heterocycles. The molecule has 1 heterocycles. The lowest BCUT2D eigenvalue weighted by atomic mass is 10.1. The first kappa shape index (κ1) is 15.0. The summed E-state index contributed by atoms with van der Waals surface area (Å²) in [6.45, 7) is 2.04. The van der Waals surface area contributed by atoms with Gasteiger partial charge in [0.15, 0.2) is 5.82 Å². The number of hydrogen-bond donors (Lipinski definition) is 2. The summed E-state index contributed by atoms with van der Waals surface area (Å²) < 4.78 is 5.25. The molecule has 0 aliphatic heterocycles. The number of tetrazole rings is 1. The van der Waals surface area contributed by atoms with Crippen LogP contribution in [0.1, 0.15) is 37.2 Å². The summed E-state index contributed by atoms with van der Waals surface area (Å²) >= 11 is 0. The molecule has 2 rings (SSSR count). The zero-order valence-corrected chi connectivity index (χ0v) is 12.2. The van der Waals surface area contributed by atoms with Crippen molar-refractivity contribution in [2.75, 3.05) is 7.11 Å². The van der Waals surface area contributed by atoms with Crippen LogP contribution in [0.5, 0.6) is 5.75 Å². The Bertz CT molecular complexity index is 571. The zero-order valence-electron chi connectivity index (χ0n) is 12.2. The van der Waals surface area contributed by atoms with E-state index in [0.29, 0.717) is 11.6 Å². The quantitative estimate of drug-likeness (QED) is 0.804. The van der Waals surface area contributed by atoms with Crippen LogP contribution in [0.4, 0.5) is 0 Å². The molecule has 7 nitrogen and oxygen atoms in total. The van der Waals surface area contributed by atoms with Gasteiger partial charge >= 0.3 is 0 Å². The van der Waals surface area contributed by atoms with Gasteiger partial charge in [0.25, 0.3) is 0 Å². The van der Waals surface area contributed by atoms with Crippen LogP contribution < -0.4 is 10.1 Å². The van der Waals surface area contributed by atoms with Gasteiger partial charge in [0.2, 0.25) is 5.91 Å². The number of amides is 1. The summed E-state index contributed by atoms with van der Waals surface area (Å²) in [4.78, 5) is 12.2. The first-order chi connectivity index (χ1) is 10.2. The summed E-state index contributed by atoms with van der Waals surface area (Å²) in [5.74, 6) is 1.12. The molecule has 0 saturated heterocycles. The summed E-state index contributed by atoms with van der Waals surface area (Å²) in [6, 6.07) is 7.25. The van der Waals surface area contributed by atoms with Gasteiger partial charge in [-0.05, 0) is 12.5 Å². The average Bonchev–Trinajstić information content (AvgIpc) is 3.01.